The number of carbonyl (C=O) groups is 1. The van der Waals surface area contributed by atoms with E-state index >= 15 is 0 Å². The third kappa shape index (κ3) is 4.36. The van der Waals surface area contributed by atoms with E-state index < -0.39 is 44.1 Å². The van der Waals surface area contributed by atoms with Gasteiger partial charge < -0.3 is 29.8 Å². The Morgan fingerprint density at radius 3 is 2.42 bits per heavy atom. The zero-order valence-corrected chi connectivity index (χ0v) is 12.8. The van der Waals surface area contributed by atoms with Crippen LogP contribution in [0.15, 0.2) is 35.5 Å². The first kappa shape index (κ1) is 18.5. The Kier molecular flexibility index (Phi) is 5.67. The lowest BCUT2D eigenvalue weighted by atomic mass is 10.1. The number of anilines is 1. The molecule has 0 saturated carbocycles. The second-order valence-corrected chi connectivity index (χ2v) is 6.44. The van der Waals surface area contributed by atoms with Crippen LogP contribution in [-0.4, -0.2) is 56.4 Å². The maximum atomic E-state index is 11.5. The fourth-order valence-electron chi connectivity index (χ4n) is 1.85. The Balaban J connectivity index is 2.06. The zero-order chi connectivity index (χ0) is 17.9. The number of benzene rings is 1. The van der Waals surface area contributed by atoms with E-state index in [9.17, 15) is 29.9 Å². The van der Waals surface area contributed by atoms with Crippen LogP contribution in [0.1, 0.15) is 0 Å². The van der Waals surface area contributed by atoms with Crippen molar-refractivity contribution in [3.05, 3.63) is 30.3 Å². The van der Waals surface area contributed by atoms with Gasteiger partial charge in [0, 0.05) is 5.69 Å². The molecule has 0 spiro atoms. The number of aliphatic hydroxyl groups is 3. The molecule has 4 atom stereocenters. The molecule has 1 aliphatic heterocycles. The number of aliphatic hydroxyl groups excluding tert-OH is 3. The van der Waals surface area contributed by atoms with Crippen LogP contribution in [0.25, 0.3) is 0 Å². The topological polar surface area (TPSA) is 187 Å². The summed E-state index contributed by atoms with van der Waals surface area (Å²) in [6, 6.07) is 8.10. The van der Waals surface area contributed by atoms with Crippen LogP contribution in [0.3, 0.4) is 0 Å². The molecule has 1 aliphatic rings. The summed E-state index contributed by atoms with van der Waals surface area (Å²) in [4.78, 5) is 47.1. The van der Waals surface area contributed by atoms with Gasteiger partial charge in [0.1, 0.15) is 6.10 Å². The minimum absolute atomic E-state index is 0.376. The Hall–Kier alpha value is -1.85. The van der Waals surface area contributed by atoms with Crippen LogP contribution >= 0.6 is 7.94 Å². The van der Waals surface area contributed by atoms with Crippen LogP contribution < -0.4 is 15.1 Å². The summed E-state index contributed by atoms with van der Waals surface area (Å²) in [6.07, 6.45) is -7.20. The quantitative estimate of drug-likeness (QED) is 0.220. The van der Waals surface area contributed by atoms with E-state index in [1.165, 1.54) is 0 Å². The minimum Gasteiger partial charge on any atom is -0.657 e. The molecular weight excluding hydrogens is 347 g/mol. The Morgan fingerprint density at radius 2 is 1.83 bits per heavy atom. The lowest BCUT2D eigenvalue weighted by Crippen LogP contribution is -2.58. The van der Waals surface area contributed by atoms with E-state index in [-0.39, 0.29) is 0 Å². The van der Waals surface area contributed by atoms with Crippen molar-refractivity contribution in [3.63, 3.8) is 0 Å². The van der Waals surface area contributed by atoms with Crippen LogP contribution in [0.5, 0.6) is 0 Å². The SMILES string of the molecule is O=C(Nc1ccccc1)O/N=C1/O[C@H]([P+]([O-])([O-])O)[C@@H](O)[C@H](O)[C@H]1O. The van der Waals surface area contributed by atoms with Crippen molar-refractivity contribution in [2.45, 2.75) is 24.2 Å². The molecule has 12 heteroatoms. The van der Waals surface area contributed by atoms with E-state index in [0.717, 1.165) is 0 Å². The molecule has 5 N–H and O–H groups in total. The average molecular weight is 361 g/mol. The number of carbonyl (C=O) groups excluding carboxylic acids is 1. The lowest BCUT2D eigenvalue weighted by Gasteiger charge is -2.42. The van der Waals surface area contributed by atoms with Crippen LogP contribution in [0.4, 0.5) is 10.5 Å². The summed E-state index contributed by atoms with van der Waals surface area (Å²) in [5.41, 5.74) is 0.376. The maximum Gasteiger partial charge on any atom is 0.437 e. The minimum atomic E-state index is -5.23. The van der Waals surface area contributed by atoms with Crippen LogP contribution in [0, 0.1) is 0 Å². The van der Waals surface area contributed by atoms with Gasteiger partial charge in [0.05, 0.1) is 7.94 Å². The molecule has 0 aromatic heterocycles. The van der Waals surface area contributed by atoms with Gasteiger partial charge in [-0.05, 0) is 17.3 Å². The van der Waals surface area contributed by atoms with Gasteiger partial charge in [-0.1, -0.05) is 18.2 Å². The molecule has 1 amide bonds. The number of hydrogen-bond donors (Lipinski definition) is 5. The van der Waals surface area contributed by atoms with Gasteiger partial charge in [0.25, 0.3) is 11.7 Å². The molecule has 2 rings (SSSR count). The number of nitrogens with one attached hydrogen (secondary N) is 1. The van der Waals surface area contributed by atoms with Crippen molar-refractivity contribution >= 4 is 25.6 Å². The number of hydrogen-bond acceptors (Lipinski definition) is 10. The summed E-state index contributed by atoms with van der Waals surface area (Å²) in [5.74, 6) is -3.17. The molecule has 1 saturated heterocycles. The normalized spacial score (nSPS) is 29.0. The number of nitrogens with zero attached hydrogens (tertiary/aromatic N) is 1. The molecule has 1 aromatic rings. The monoisotopic (exact) mass is 361 g/mol. The number of ether oxygens (including phenoxy) is 1. The standard InChI is InChI=1S/C12H15N2O9P/c15-7-8(16)10(22-11(9(7)17)24(19,20)21)14-23-12(18)13-6-4-2-1-3-5-6/h1-5,7-9,11,15-17H,(H,13,18)(H2,19,20,21)/p-1/b14-10+/t7-,8-,9+,11-/m1/s1. The molecule has 1 heterocycles. The van der Waals surface area contributed by atoms with Crippen LogP contribution in [-0.2, 0) is 9.57 Å². The fourth-order valence-corrected chi connectivity index (χ4v) is 2.65. The summed E-state index contributed by atoms with van der Waals surface area (Å²) in [7, 11) is -5.23. The summed E-state index contributed by atoms with van der Waals surface area (Å²) < 4.78 is 4.61. The van der Waals surface area contributed by atoms with Crippen molar-refractivity contribution in [3.8, 4) is 0 Å². The third-order valence-electron chi connectivity index (χ3n) is 3.02. The van der Waals surface area contributed by atoms with Gasteiger partial charge in [-0.15, -0.1) is 0 Å². The van der Waals surface area contributed by atoms with Crippen molar-refractivity contribution in [1.29, 1.82) is 0 Å². The molecule has 132 valence electrons. The number of rotatable bonds is 3. The van der Waals surface area contributed by atoms with Gasteiger partial charge >= 0.3 is 6.09 Å². The highest BCUT2D eigenvalue weighted by molar-refractivity contribution is 7.56. The maximum absolute atomic E-state index is 11.5. The van der Waals surface area contributed by atoms with E-state index in [1.54, 1.807) is 30.3 Å². The van der Waals surface area contributed by atoms with Crippen molar-refractivity contribution in [2.24, 2.45) is 5.16 Å². The van der Waals surface area contributed by atoms with Crippen molar-refractivity contribution < 1.29 is 44.4 Å². The van der Waals surface area contributed by atoms with Gasteiger partial charge in [0.15, 0.2) is 12.2 Å². The lowest BCUT2D eigenvalue weighted by molar-refractivity contribution is -0.344. The first-order chi connectivity index (χ1) is 11.2. The van der Waals surface area contributed by atoms with Gasteiger partial charge in [0.2, 0.25) is 0 Å². The first-order valence-electron chi connectivity index (χ1n) is 6.55. The molecule has 0 bridgehead atoms. The number of oxime groups is 1. The fraction of sp³-hybridized carbons (Fsp3) is 0.333. The predicted molar refractivity (Wildman–Crippen MR) is 76.0 cm³/mol. The van der Waals surface area contributed by atoms with E-state index in [4.69, 9.17) is 4.89 Å². The highest BCUT2D eigenvalue weighted by atomic mass is 31.2. The molecule has 0 radical (unpaired) electrons. The third-order valence-corrected chi connectivity index (χ3v) is 4.07. The molecule has 11 nitrogen and oxygen atoms in total. The Labute approximate surface area is 136 Å². The summed E-state index contributed by atoms with van der Waals surface area (Å²) >= 11 is 0. The second-order valence-electron chi connectivity index (χ2n) is 4.80. The molecule has 0 unspecified atom stereocenters. The van der Waals surface area contributed by atoms with Gasteiger partial charge in [-0.2, -0.15) is 0 Å². The Bertz CT molecular complexity index is 606. The largest absolute Gasteiger partial charge is 0.657 e. The number of amides is 1. The highest BCUT2D eigenvalue weighted by Crippen LogP contribution is 2.45. The smallest absolute Gasteiger partial charge is 0.437 e. The second kappa shape index (κ2) is 7.36. The van der Waals surface area contributed by atoms with Crippen LogP contribution in [0.2, 0.25) is 0 Å². The number of para-hydroxylation sites is 1. The predicted octanol–water partition coefficient (Wildman–Crippen LogP) is -2.54. The first-order valence-corrected chi connectivity index (χ1v) is 8.20. The summed E-state index contributed by atoms with van der Waals surface area (Å²) in [5, 5.41) is 34.1. The average Bonchev–Trinajstić information content (AvgIpc) is 2.51. The van der Waals surface area contributed by atoms with Crippen molar-refractivity contribution in [2.75, 3.05) is 5.32 Å². The molecule has 1 fully saturated rings. The molecular formula is C12H14N2O9P-. The van der Waals surface area contributed by atoms with E-state index in [2.05, 4.69) is 20.0 Å². The van der Waals surface area contributed by atoms with E-state index in [0.29, 0.717) is 5.69 Å². The molecule has 24 heavy (non-hydrogen) atoms. The van der Waals surface area contributed by atoms with Gasteiger partial charge in [-0.25, -0.2) is 4.79 Å². The summed E-state index contributed by atoms with van der Waals surface area (Å²) in [6.45, 7) is 0. The Morgan fingerprint density at radius 1 is 1.21 bits per heavy atom. The highest BCUT2D eigenvalue weighted by Gasteiger charge is 2.49. The van der Waals surface area contributed by atoms with E-state index in [1.807, 2.05) is 0 Å². The van der Waals surface area contributed by atoms with Crippen molar-refractivity contribution in [1.82, 2.24) is 0 Å². The zero-order valence-electron chi connectivity index (χ0n) is 11.9. The van der Waals surface area contributed by atoms with Gasteiger partial charge in [-0.3, -0.25) is 15.0 Å². The molecule has 1 aromatic carbocycles. The molecule has 0 aliphatic carbocycles.